The van der Waals surface area contributed by atoms with Crippen molar-refractivity contribution >= 4 is 0 Å². The molecule has 0 saturated carbocycles. The van der Waals surface area contributed by atoms with E-state index in [0.29, 0.717) is 11.3 Å². The molecule has 0 aromatic heterocycles. The first-order valence-corrected chi connectivity index (χ1v) is 6.46. The van der Waals surface area contributed by atoms with Crippen LogP contribution >= 0.6 is 0 Å². The fourth-order valence-electron chi connectivity index (χ4n) is 2.12. The summed E-state index contributed by atoms with van der Waals surface area (Å²) in [5.74, 6) is 4.09. The maximum Gasteiger partial charge on any atom is 0.0710 e. The highest BCUT2D eigenvalue weighted by Crippen LogP contribution is 2.25. The lowest BCUT2D eigenvalue weighted by molar-refractivity contribution is 0.291. The van der Waals surface area contributed by atoms with Crippen LogP contribution in [-0.2, 0) is 0 Å². The van der Waals surface area contributed by atoms with Crippen molar-refractivity contribution in [2.45, 2.75) is 60.4 Å². The monoisotopic (exact) mass is 223 g/mol. The zero-order valence-electron chi connectivity index (χ0n) is 11.9. The van der Waals surface area contributed by atoms with Crippen molar-refractivity contribution in [2.24, 2.45) is 17.3 Å². The van der Waals surface area contributed by atoms with Crippen molar-refractivity contribution in [2.75, 3.05) is 6.54 Å². The summed E-state index contributed by atoms with van der Waals surface area (Å²) < 4.78 is 0. The Morgan fingerprint density at radius 2 is 1.75 bits per heavy atom. The molecule has 0 aromatic rings. The summed E-state index contributed by atoms with van der Waals surface area (Å²) in [5, 5.41) is 3.45. The van der Waals surface area contributed by atoms with Gasteiger partial charge in [0.1, 0.15) is 0 Å². The standard InChI is InChI=1S/C15H29N/c1-8-14(12(2)3)16-10-9-13(4)11-15(5,6)7/h1,12-14,16H,9-11H2,2-7H3/t13-,14-/m0/s1. The molecule has 0 radical (unpaired) electrons. The molecule has 0 saturated heterocycles. The van der Waals surface area contributed by atoms with Crippen LogP contribution in [0.4, 0.5) is 0 Å². The molecule has 0 spiro atoms. The molecule has 1 heteroatoms. The molecule has 2 atom stereocenters. The van der Waals surface area contributed by atoms with E-state index in [1.165, 1.54) is 12.8 Å². The van der Waals surface area contributed by atoms with Gasteiger partial charge in [0, 0.05) is 0 Å². The fraction of sp³-hybridized carbons (Fsp3) is 0.867. The topological polar surface area (TPSA) is 12.0 Å². The van der Waals surface area contributed by atoms with E-state index in [0.717, 1.165) is 12.5 Å². The molecule has 0 aliphatic heterocycles. The summed E-state index contributed by atoms with van der Waals surface area (Å²) in [6.07, 6.45) is 7.97. The van der Waals surface area contributed by atoms with Gasteiger partial charge in [-0.05, 0) is 36.6 Å². The fourth-order valence-corrected chi connectivity index (χ4v) is 2.12. The molecule has 0 aliphatic carbocycles. The Kier molecular flexibility index (Phi) is 6.76. The van der Waals surface area contributed by atoms with Gasteiger partial charge < -0.3 is 5.32 Å². The Morgan fingerprint density at radius 3 is 2.12 bits per heavy atom. The zero-order chi connectivity index (χ0) is 12.8. The molecule has 0 unspecified atom stereocenters. The Labute approximate surface area is 102 Å². The van der Waals surface area contributed by atoms with Crippen LogP contribution in [0.1, 0.15) is 54.4 Å². The van der Waals surface area contributed by atoms with Crippen molar-refractivity contribution in [1.82, 2.24) is 5.32 Å². The van der Waals surface area contributed by atoms with E-state index in [1.54, 1.807) is 0 Å². The van der Waals surface area contributed by atoms with E-state index in [2.05, 4.69) is 52.8 Å². The van der Waals surface area contributed by atoms with E-state index >= 15 is 0 Å². The van der Waals surface area contributed by atoms with E-state index in [1.807, 2.05) is 0 Å². The first kappa shape index (κ1) is 15.5. The van der Waals surface area contributed by atoms with Crippen molar-refractivity contribution in [1.29, 1.82) is 0 Å². The van der Waals surface area contributed by atoms with Crippen LogP contribution in [0.25, 0.3) is 0 Å². The average molecular weight is 223 g/mol. The molecule has 0 amide bonds. The number of rotatable bonds is 6. The Bertz CT molecular complexity index is 217. The second-order valence-electron chi connectivity index (χ2n) is 6.50. The molecule has 0 bridgehead atoms. The molecule has 94 valence electrons. The van der Waals surface area contributed by atoms with Gasteiger partial charge in [-0.2, -0.15) is 0 Å². The summed E-state index contributed by atoms with van der Waals surface area (Å²) in [4.78, 5) is 0. The van der Waals surface area contributed by atoms with Gasteiger partial charge in [-0.1, -0.05) is 47.5 Å². The first-order valence-electron chi connectivity index (χ1n) is 6.46. The quantitative estimate of drug-likeness (QED) is 0.677. The predicted molar refractivity (Wildman–Crippen MR) is 73.3 cm³/mol. The summed E-state index contributed by atoms with van der Waals surface area (Å²) in [5.41, 5.74) is 0.434. The molecular weight excluding hydrogens is 194 g/mol. The van der Waals surface area contributed by atoms with E-state index in [4.69, 9.17) is 6.42 Å². The molecule has 1 nitrogen and oxygen atoms in total. The van der Waals surface area contributed by atoms with E-state index < -0.39 is 0 Å². The lowest BCUT2D eigenvalue weighted by Gasteiger charge is -2.24. The number of hydrogen-bond acceptors (Lipinski definition) is 1. The molecule has 0 aliphatic rings. The smallest absolute Gasteiger partial charge is 0.0710 e. The Morgan fingerprint density at radius 1 is 1.19 bits per heavy atom. The third-order valence-corrected chi connectivity index (χ3v) is 2.81. The molecular formula is C15H29N. The molecule has 0 rings (SSSR count). The van der Waals surface area contributed by atoms with Gasteiger partial charge in [-0.3, -0.25) is 0 Å². The van der Waals surface area contributed by atoms with Gasteiger partial charge >= 0.3 is 0 Å². The van der Waals surface area contributed by atoms with Crippen molar-refractivity contribution in [3.05, 3.63) is 0 Å². The van der Waals surface area contributed by atoms with Crippen molar-refractivity contribution < 1.29 is 0 Å². The molecule has 0 aromatic carbocycles. The molecule has 0 heterocycles. The largest absolute Gasteiger partial charge is 0.303 e. The van der Waals surface area contributed by atoms with Crippen LogP contribution in [-0.4, -0.2) is 12.6 Å². The second-order valence-corrected chi connectivity index (χ2v) is 6.50. The Balaban J connectivity index is 3.78. The van der Waals surface area contributed by atoms with Crippen LogP contribution in [0.2, 0.25) is 0 Å². The minimum atomic E-state index is 0.224. The third kappa shape index (κ3) is 7.77. The third-order valence-electron chi connectivity index (χ3n) is 2.81. The number of terminal acetylenes is 1. The molecule has 0 fully saturated rings. The van der Waals surface area contributed by atoms with Crippen LogP contribution in [0, 0.1) is 29.6 Å². The maximum absolute atomic E-state index is 5.48. The van der Waals surface area contributed by atoms with Crippen LogP contribution in [0.3, 0.4) is 0 Å². The minimum absolute atomic E-state index is 0.224. The predicted octanol–water partition coefficient (Wildman–Crippen LogP) is 3.70. The van der Waals surface area contributed by atoms with Gasteiger partial charge in [0.15, 0.2) is 0 Å². The van der Waals surface area contributed by atoms with Gasteiger partial charge in [-0.25, -0.2) is 0 Å². The average Bonchev–Trinajstić information content (AvgIpc) is 2.08. The summed E-state index contributed by atoms with van der Waals surface area (Å²) in [6, 6.07) is 0.224. The Hall–Kier alpha value is -0.480. The zero-order valence-corrected chi connectivity index (χ0v) is 11.9. The summed E-state index contributed by atoms with van der Waals surface area (Å²) >= 11 is 0. The highest BCUT2D eigenvalue weighted by Gasteiger charge is 2.15. The lowest BCUT2D eigenvalue weighted by Crippen LogP contribution is -2.33. The van der Waals surface area contributed by atoms with E-state index in [9.17, 15) is 0 Å². The number of nitrogens with one attached hydrogen (secondary N) is 1. The van der Waals surface area contributed by atoms with Gasteiger partial charge in [0.25, 0.3) is 0 Å². The van der Waals surface area contributed by atoms with Crippen molar-refractivity contribution in [3.63, 3.8) is 0 Å². The van der Waals surface area contributed by atoms with Gasteiger partial charge in [0.2, 0.25) is 0 Å². The van der Waals surface area contributed by atoms with Crippen LogP contribution in [0.15, 0.2) is 0 Å². The minimum Gasteiger partial charge on any atom is -0.303 e. The van der Waals surface area contributed by atoms with Gasteiger partial charge in [0.05, 0.1) is 6.04 Å². The first-order chi connectivity index (χ1) is 7.26. The SMILES string of the molecule is C#C[C@H](NCC[C@H](C)CC(C)(C)C)C(C)C. The highest BCUT2D eigenvalue weighted by molar-refractivity contribution is 5.00. The summed E-state index contributed by atoms with van der Waals surface area (Å²) in [6.45, 7) is 14.6. The second kappa shape index (κ2) is 6.97. The number of hydrogen-bond donors (Lipinski definition) is 1. The van der Waals surface area contributed by atoms with Crippen LogP contribution in [0.5, 0.6) is 0 Å². The van der Waals surface area contributed by atoms with Crippen LogP contribution < -0.4 is 5.32 Å². The maximum atomic E-state index is 5.48. The molecule has 1 N–H and O–H groups in total. The molecule has 16 heavy (non-hydrogen) atoms. The van der Waals surface area contributed by atoms with Crippen molar-refractivity contribution in [3.8, 4) is 12.3 Å². The summed E-state index contributed by atoms with van der Waals surface area (Å²) in [7, 11) is 0. The highest BCUT2D eigenvalue weighted by atomic mass is 14.9. The van der Waals surface area contributed by atoms with E-state index in [-0.39, 0.29) is 6.04 Å². The lowest BCUT2D eigenvalue weighted by atomic mass is 9.84. The van der Waals surface area contributed by atoms with Gasteiger partial charge in [-0.15, -0.1) is 6.42 Å². The normalized spacial score (nSPS) is 15.9.